The summed E-state index contributed by atoms with van der Waals surface area (Å²) in [6.45, 7) is 0.0151. The van der Waals surface area contributed by atoms with Crippen LogP contribution in [0.2, 0.25) is 10.0 Å². The molecular weight excluding hydrogens is 483 g/mol. The first kappa shape index (κ1) is 25.5. The molecule has 2 aromatic carbocycles. The number of amides is 1. The number of nitrogens with one attached hydrogen (secondary N) is 1. The third kappa shape index (κ3) is 7.68. The highest BCUT2D eigenvalue weighted by Gasteiger charge is 2.24. The van der Waals surface area contributed by atoms with Crippen LogP contribution in [0.3, 0.4) is 0 Å². The number of carbonyl (C=O) groups excluding carboxylic acids is 1. The average Bonchev–Trinajstić information content (AvgIpc) is 2.72. The van der Waals surface area contributed by atoms with Crippen LogP contribution in [-0.4, -0.2) is 53.6 Å². The molecule has 0 atom stereocenters. The standard InChI is InChI=1S/C20H24Cl2N2O5S2/c1-28-16-6-7-18(19(11-16)29-2)24(31(3,26)27)12-20(25)23-8-9-30-13-14-4-5-15(21)10-17(14)22/h4-7,10-11H,8-9,12-13H2,1-3H3,(H,23,25). The van der Waals surface area contributed by atoms with Crippen LogP contribution in [0.1, 0.15) is 5.56 Å². The quantitative estimate of drug-likeness (QED) is 0.466. The van der Waals surface area contributed by atoms with Gasteiger partial charge in [-0.3, -0.25) is 9.10 Å². The van der Waals surface area contributed by atoms with E-state index in [1.54, 1.807) is 36.0 Å². The summed E-state index contributed by atoms with van der Waals surface area (Å²) >= 11 is 13.6. The fourth-order valence-corrected chi connectivity index (χ4v) is 4.92. The molecule has 0 saturated carbocycles. The van der Waals surface area contributed by atoms with Crippen molar-refractivity contribution in [1.29, 1.82) is 0 Å². The second-order valence-electron chi connectivity index (χ2n) is 6.45. The Morgan fingerprint density at radius 2 is 1.87 bits per heavy atom. The summed E-state index contributed by atoms with van der Waals surface area (Å²) in [6.07, 6.45) is 1.04. The number of hydrogen-bond donors (Lipinski definition) is 1. The van der Waals surface area contributed by atoms with E-state index in [-0.39, 0.29) is 18.0 Å². The summed E-state index contributed by atoms with van der Waals surface area (Å²) < 4.78 is 36.0. The van der Waals surface area contributed by atoms with Gasteiger partial charge in [0, 0.05) is 34.2 Å². The topological polar surface area (TPSA) is 84.9 Å². The van der Waals surface area contributed by atoms with Gasteiger partial charge < -0.3 is 14.8 Å². The average molecular weight is 507 g/mol. The van der Waals surface area contributed by atoms with Crippen molar-refractivity contribution in [2.75, 3.05) is 43.6 Å². The number of methoxy groups -OCH3 is 2. The predicted molar refractivity (Wildman–Crippen MR) is 127 cm³/mol. The van der Waals surface area contributed by atoms with Crippen molar-refractivity contribution in [1.82, 2.24) is 5.32 Å². The lowest BCUT2D eigenvalue weighted by molar-refractivity contribution is -0.119. The molecule has 0 aliphatic carbocycles. The highest BCUT2D eigenvalue weighted by Crippen LogP contribution is 2.33. The van der Waals surface area contributed by atoms with E-state index >= 15 is 0 Å². The number of ether oxygens (including phenoxy) is 2. The summed E-state index contributed by atoms with van der Waals surface area (Å²) in [5.74, 6) is 1.68. The number of halogens is 2. The monoisotopic (exact) mass is 506 g/mol. The Kier molecular flexibility index (Phi) is 9.61. The molecule has 170 valence electrons. The molecule has 0 radical (unpaired) electrons. The molecule has 0 heterocycles. The molecule has 0 spiro atoms. The number of nitrogens with zero attached hydrogens (tertiary/aromatic N) is 1. The van der Waals surface area contributed by atoms with Crippen LogP contribution in [0.4, 0.5) is 5.69 Å². The molecule has 0 unspecified atom stereocenters. The minimum absolute atomic E-state index is 0.257. The summed E-state index contributed by atoms with van der Waals surface area (Å²) in [4.78, 5) is 12.4. The Morgan fingerprint density at radius 1 is 1.13 bits per heavy atom. The van der Waals surface area contributed by atoms with E-state index in [2.05, 4.69) is 5.32 Å². The van der Waals surface area contributed by atoms with E-state index in [0.29, 0.717) is 33.8 Å². The van der Waals surface area contributed by atoms with Crippen LogP contribution in [0.5, 0.6) is 11.5 Å². The van der Waals surface area contributed by atoms with Crippen molar-refractivity contribution >= 4 is 56.6 Å². The molecule has 1 N–H and O–H groups in total. The second kappa shape index (κ2) is 11.7. The second-order valence-corrected chi connectivity index (χ2v) is 10.3. The van der Waals surface area contributed by atoms with Gasteiger partial charge in [0.1, 0.15) is 18.0 Å². The molecule has 0 aliphatic rings. The van der Waals surface area contributed by atoms with Gasteiger partial charge in [-0.1, -0.05) is 29.3 Å². The minimum atomic E-state index is -3.72. The lowest BCUT2D eigenvalue weighted by Gasteiger charge is -2.24. The maximum atomic E-state index is 12.4. The third-order valence-corrected chi connectivity index (χ3v) is 6.91. The van der Waals surface area contributed by atoms with Crippen molar-refractivity contribution < 1.29 is 22.7 Å². The summed E-state index contributed by atoms with van der Waals surface area (Å²) in [5.41, 5.74) is 1.21. The molecular formula is C20H24Cl2N2O5S2. The smallest absolute Gasteiger partial charge is 0.240 e. The number of thioether (sulfide) groups is 1. The van der Waals surface area contributed by atoms with Gasteiger partial charge in [-0.05, 0) is 29.8 Å². The van der Waals surface area contributed by atoms with Crippen molar-refractivity contribution in [3.05, 3.63) is 52.0 Å². The van der Waals surface area contributed by atoms with Crippen molar-refractivity contribution in [2.24, 2.45) is 0 Å². The van der Waals surface area contributed by atoms with Crippen molar-refractivity contribution in [3.8, 4) is 11.5 Å². The molecule has 0 saturated heterocycles. The molecule has 1 amide bonds. The number of anilines is 1. The summed E-state index contributed by atoms with van der Waals surface area (Å²) in [5, 5.41) is 3.92. The van der Waals surface area contributed by atoms with E-state index in [4.69, 9.17) is 32.7 Å². The van der Waals surface area contributed by atoms with Crippen molar-refractivity contribution in [2.45, 2.75) is 5.75 Å². The van der Waals surface area contributed by atoms with E-state index in [9.17, 15) is 13.2 Å². The Balaban J connectivity index is 1.93. The number of hydrogen-bond acceptors (Lipinski definition) is 6. The highest BCUT2D eigenvalue weighted by atomic mass is 35.5. The van der Waals surface area contributed by atoms with E-state index in [1.807, 2.05) is 6.07 Å². The van der Waals surface area contributed by atoms with E-state index in [0.717, 1.165) is 16.1 Å². The SMILES string of the molecule is COc1ccc(N(CC(=O)NCCSCc2ccc(Cl)cc2Cl)S(C)(=O)=O)c(OC)c1. The molecule has 7 nitrogen and oxygen atoms in total. The Bertz CT molecular complexity index is 1020. The van der Waals surface area contributed by atoms with Gasteiger partial charge in [0.15, 0.2) is 0 Å². The van der Waals surface area contributed by atoms with Gasteiger partial charge in [-0.25, -0.2) is 8.42 Å². The molecule has 31 heavy (non-hydrogen) atoms. The van der Waals surface area contributed by atoms with Gasteiger partial charge in [0.2, 0.25) is 15.9 Å². The predicted octanol–water partition coefficient (Wildman–Crippen LogP) is 3.83. The highest BCUT2D eigenvalue weighted by molar-refractivity contribution is 7.98. The molecule has 2 rings (SSSR count). The molecule has 11 heteroatoms. The first-order valence-corrected chi connectivity index (χ1v) is 12.9. The zero-order chi connectivity index (χ0) is 23.0. The van der Waals surface area contributed by atoms with Crippen LogP contribution < -0.4 is 19.1 Å². The molecule has 0 bridgehead atoms. The number of rotatable bonds is 11. The largest absolute Gasteiger partial charge is 0.497 e. The van der Waals surface area contributed by atoms with E-state index < -0.39 is 15.9 Å². The van der Waals surface area contributed by atoms with Crippen LogP contribution in [0.25, 0.3) is 0 Å². The van der Waals surface area contributed by atoms with Crippen molar-refractivity contribution in [3.63, 3.8) is 0 Å². The molecule has 0 aliphatic heterocycles. The number of benzene rings is 2. The van der Waals surface area contributed by atoms with Crippen LogP contribution >= 0.6 is 35.0 Å². The van der Waals surface area contributed by atoms with Gasteiger partial charge in [-0.15, -0.1) is 0 Å². The molecule has 0 aromatic heterocycles. The Labute approximate surface area is 197 Å². The number of carbonyl (C=O) groups is 1. The zero-order valence-electron chi connectivity index (χ0n) is 17.4. The molecule has 0 fully saturated rings. The van der Waals surface area contributed by atoms with Gasteiger partial charge in [-0.2, -0.15) is 11.8 Å². The van der Waals surface area contributed by atoms with Gasteiger partial charge >= 0.3 is 0 Å². The first-order chi connectivity index (χ1) is 14.7. The third-order valence-electron chi connectivity index (χ3n) is 4.18. The maximum absolute atomic E-state index is 12.4. The van der Waals surface area contributed by atoms with Crippen LogP contribution in [0.15, 0.2) is 36.4 Å². The summed E-state index contributed by atoms with van der Waals surface area (Å²) in [6, 6.07) is 10.0. The fourth-order valence-electron chi connectivity index (χ4n) is 2.64. The lowest BCUT2D eigenvalue weighted by Crippen LogP contribution is -2.41. The van der Waals surface area contributed by atoms with Gasteiger partial charge in [0.25, 0.3) is 0 Å². The van der Waals surface area contributed by atoms with Gasteiger partial charge in [0.05, 0.1) is 26.2 Å². The zero-order valence-corrected chi connectivity index (χ0v) is 20.5. The summed E-state index contributed by atoms with van der Waals surface area (Å²) in [7, 11) is -0.809. The normalized spacial score (nSPS) is 11.1. The number of sulfonamides is 1. The molecule has 2 aromatic rings. The maximum Gasteiger partial charge on any atom is 0.240 e. The van der Waals surface area contributed by atoms with Crippen LogP contribution in [0, 0.1) is 0 Å². The van der Waals surface area contributed by atoms with E-state index in [1.165, 1.54) is 20.3 Å². The lowest BCUT2D eigenvalue weighted by atomic mass is 10.2. The minimum Gasteiger partial charge on any atom is -0.497 e. The van der Waals surface area contributed by atoms with Crippen LogP contribution in [-0.2, 0) is 20.6 Å². The fraction of sp³-hybridized carbons (Fsp3) is 0.350. The first-order valence-electron chi connectivity index (χ1n) is 9.13. The Hall–Kier alpha value is -1.81. The Morgan fingerprint density at radius 3 is 2.48 bits per heavy atom.